The Hall–Kier alpha value is -2.18. The quantitative estimate of drug-likeness (QED) is 0.750. The van der Waals surface area contributed by atoms with Gasteiger partial charge in [-0.25, -0.2) is 13.2 Å². The van der Waals surface area contributed by atoms with Crippen LogP contribution in [-0.4, -0.2) is 14.9 Å². The van der Waals surface area contributed by atoms with Crippen molar-refractivity contribution in [2.75, 3.05) is 5.73 Å². The number of hydrogen-bond acceptors (Lipinski definition) is 3. The van der Waals surface area contributed by atoms with Crippen molar-refractivity contribution in [3.63, 3.8) is 0 Å². The maximum Gasteiger partial charge on any atom is 0.177 e. The van der Waals surface area contributed by atoms with E-state index in [1.807, 2.05) is 0 Å². The van der Waals surface area contributed by atoms with E-state index in [1.165, 1.54) is 17.8 Å². The smallest absolute Gasteiger partial charge is 0.177 e. The topological polar surface area (TPSA) is 64.1 Å². The first-order valence-corrected chi connectivity index (χ1v) is 4.58. The molecule has 0 radical (unpaired) electrons. The molecule has 0 aliphatic heterocycles. The molecule has 0 aliphatic carbocycles. The molecule has 0 saturated carbocycles. The summed E-state index contributed by atoms with van der Waals surface area (Å²) in [7, 11) is 1.47. The first kappa shape index (κ1) is 11.3. The lowest BCUT2D eigenvalue weighted by Crippen LogP contribution is -1.98. The van der Waals surface area contributed by atoms with Crippen molar-refractivity contribution < 1.29 is 18.3 Å². The number of aryl methyl sites for hydroxylation is 1. The highest BCUT2D eigenvalue weighted by Gasteiger charge is 2.22. The van der Waals surface area contributed by atoms with E-state index < -0.39 is 28.8 Å². The number of hydrogen-bond donors (Lipinski definition) is 2. The molecule has 0 spiro atoms. The van der Waals surface area contributed by atoms with E-state index in [-0.39, 0.29) is 11.5 Å². The van der Waals surface area contributed by atoms with Crippen molar-refractivity contribution in [2.24, 2.45) is 7.05 Å². The monoisotopic (exact) mass is 243 g/mol. The SMILES string of the molecule is Cn1nc(-c2c(F)c(O)cc(F)c2F)cc1N. The summed E-state index contributed by atoms with van der Waals surface area (Å²) in [4.78, 5) is 0. The van der Waals surface area contributed by atoms with E-state index in [4.69, 9.17) is 10.8 Å². The van der Waals surface area contributed by atoms with Crippen molar-refractivity contribution in [1.29, 1.82) is 0 Å². The minimum atomic E-state index is -1.42. The van der Waals surface area contributed by atoms with Gasteiger partial charge in [0.2, 0.25) is 0 Å². The summed E-state index contributed by atoms with van der Waals surface area (Å²) in [5.74, 6) is -4.88. The Balaban J connectivity index is 2.74. The Kier molecular flexibility index (Phi) is 2.45. The second kappa shape index (κ2) is 3.69. The largest absolute Gasteiger partial charge is 0.505 e. The summed E-state index contributed by atoms with van der Waals surface area (Å²) in [5, 5.41) is 12.8. The van der Waals surface area contributed by atoms with Crippen molar-refractivity contribution in [2.45, 2.75) is 0 Å². The van der Waals surface area contributed by atoms with Gasteiger partial charge in [-0.2, -0.15) is 5.10 Å². The maximum atomic E-state index is 13.5. The number of phenolic OH excluding ortho intramolecular Hbond substituents is 1. The molecule has 2 aromatic rings. The molecule has 3 N–H and O–H groups in total. The third-order valence-corrected chi connectivity index (χ3v) is 2.31. The molecule has 7 heteroatoms. The van der Waals surface area contributed by atoms with Gasteiger partial charge in [0.05, 0.1) is 5.56 Å². The zero-order valence-electron chi connectivity index (χ0n) is 8.71. The molecule has 2 rings (SSSR count). The minimum absolute atomic E-state index is 0.155. The van der Waals surface area contributed by atoms with E-state index in [9.17, 15) is 13.2 Å². The molecule has 1 aromatic carbocycles. The van der Waals surface area contributed by atoms with Crippen LogP contribution in [0.5, 0.6) is 5.75 Å². The number of benzene rings is 1. The van der Waals surface area contributed by atoms with E-state index in [1.54, 1.807) is 0 Å². The molecular formula is C10H8F3N3O. The highest BCUT2D eigenvalue weighted by molar-refractivity contribution is 5.65. The maximum absolute atomic E-state index is 13.5. The van der Waals surface area contributed by atoms with Crippen LogP contribution in [0.25, 0.3) is 11.3 Å². The zero-order valence-corrected chi connectivity index (χ0v) is 8.71. The van der Waals surface area contributed by atoms with Crippen molar-refractivity contribution in [3.8, 4) is 17.0 Å². The third kappa shape index (κ3) is 1.69. The number of aromatic nitrogens is 2. The molecule has 4 nitrogen and oxygen atoms in total. The van der Waals surface area contributed by atoms with E-state index >= 15 is 0 Å². The van der Waals surface area contributed by atoms with E-state index in [2.05, 4.69) is 5.10 Å². The summed E-state index contributed by atoms with van der Waals surface area (Å²) in [6.45, 7) is 0. The first-order valence-electron chi connectivity index (χ1n) is 4.58. The van der Waals surface area contributed by atoms with Crippen LogP contribution in [0.3, 0.4) is 0 Å². The second-order valence-electron chi connectivity index (χ2n) is 3.46. The van der Waals surface area contributed by atoms with Crippen molar-refractivity contribution in [1.82, 2.24) is 9.78 Å². The fraction of sp³-hybridized carbons (Fsp3) is 0.100. The van der Waals surface area contributed by atoms with E-state index in [0.29, 0.717) is 6.07 Å². The average Bonchev–Trinajstić information content (AvgIpc) is 2.57. The molecule has 1 aromatic heterocycles. The molecule has 0 bridgehead atoms. The predicted octanol–water partition coefficient (Wildman–Crippen LogP) is 1.79. The first-order chi connectivity index (χ1) is 7.91. The van der Waals surface area contributed by atoms with Crippen LogP contribution >= 0.6 is 0 Å². The number of nitrogens with zero attached hydrogens (tertiary/aromatic N) is 2. The number of halogens is 3. The van der Waals surface area contributed by atoms with Gasteiger partial charge in [-0.3, -0.25) is 4.68 Å². The van der Waals surface area contributed by atoms with Gasteiger partial charge in [0.1, 0.15) is 11.5 Å². The number of nitrogen functional groups attached to an aromatic ring is 1. The van der Waals surface area contributed by atoms with Gasteiger partial charge < -0.3 is 10.8 Å². The lowest BCUT2D eigenvalue weighted by molar-refractivity contribution is 0.415. The fourth-order valence-corrected chi connectivity index (χ4v) is 1.42. The third-order valence-electron chi connectivity index (χ3n) is 2.31. The average molecular weight is 243 g/mol. The Morgan fingerprint density at radius 2 is 1.88 bits per heavy atom. The predicted molar refractivity (Wildman–Crippen MR) is 54.6 cm³/mol. The number of aromatic hydroxyl groups is 1. The fourth-order valence-electron chi connectivity index (χ4n) is 1.42. The molecule has 17 heavy (non-hydrogen) atoms. The lowest BCUT2D eigenvalue weighted by Gasteiger charge is -2.04. The second-order valence-corrected chi connectivity index (χ2v) is 3.46. The minimum Gasteiger partial charge on any atom is -0.505 e. The van der Waals surface area contributed by atoms with Gasteiger partial charge in [0.15, 0.2) is 23.2 Å². The van der Waals surface area contributed by atoms with E-state index in [0.717, 1.165) is 0 Å². The Morgan fingerprint density at radius 1 is 1.24 bits per heavy atom. The summed E-state index contributed by atoms with van der Waals surface area (Å²) >= 11 is 0. The Bertz CT molecular complexity index is 549. The molecule has 1 heterocycles. The molecule has 0 atom stereocenters. The number of nitrogens with two attached hydrogens (primary N) is 1. The van der Waals surface area contributed by atoms with Crippen LogP contribution in [0, 0.1) is 17.5 Å². The molecule has 0 unspecified atom stereocenters. The van der Waals surface area contributed by atoms with Crippen LogP contribution in [0.15, 0.2) is 12.1 Å². The van der Waals surface area contributed by atoms with Crippen molar-refractivity contribution >= 4 is 5.82 Å². The van der Waals surface area contributed by atoms with Gasteiger partial charge in [-0.05, 0) is 0 Å². The summed E-state index contributed by atoms with van der Waals surface area (Å²) in [6, 6.07) is 1.54. The zero-order chi connectivity index (χ0) is 12.7. The van der Waals surface area contributed by atoms with Gasteiger partial charge >= 0.3 is 0 Å². The highest BCUT2D eigenvalue weighted by Crippen LogP contribution is 2.32. The normalized spacial score (nSPS) is 10.8. The lowest BCUT2D eigenvalue weighted by atomic mass is 10.1. The van der Waals surface area contributed by atoms with Crippen molar-refractivity contribution in [3.05, 3.63) is 29.6 Å². The molecule has 0 aliphatic rings. The summed E-state index contributed by atoms with van der Waals surface area (Å²) < 4.78 is 41.2. The van der Waals surface area contributed by atoms with Crippen LogP contribution in [-0.2, 0) is 7.05 Å². The Labute approximate surface area is 94.1 Å². The molecule has 90 valence electrons. The van der Waals surface area contributed by atoms with Gasteiger partial charge in [0, 0.05) is 19.2 Å². The number of anilines is 1. The summed E-state index contributed by atoms with van der Waals surface area (Å²) in [5.41, 5.74) is 4.53. The molecule has 0 amide bonds. The molecule has 0 fully saturated rings. The highest BCUT2D eigenvalue weighted by atomic mass is 19.2. The number of rotatable bonds is 1. The standard InChI is InChI=1S/C10H8F3N3O/c1-16-7(14)3-5(15-16)8-9(12)4(11)2-6(17)10(8)13/h2-3,17H,14H2,1H3. The van der Waals surface area contributed by atoms with Crippen LogP contribution in [0.2, 0.25) is 0 Å². The Morgan fingerprint density at radius 3 is 2.41 bits per heavy atom. The van der Waals surface area contributed by atoms with Gasteiger partial charge in [-0.1, -0.05) is 0 Å². The summed E-state index contributed by atoms with van der Waals surface area (Å²) in [6.07, 6.45) is 0. The van der Waals surface area contributed by atoms with Crippen LogP contribution in [0.4, 0.5) is 19.0 Å². The van der Waals surface area contributed by atoms with Gasteiger partial charge in [-0.15, -0.1) is 0 Å². The number of phenols is 1. The van der Waals surface area contributed by atoms with Gasteiger partial charge in [0.25, 0.3) is 0 Å². The molecular weight excluding hydrogens is 235 g/mol. The van der Waals surface area contributed by atoms with Crippen LogP contribution in [0.1, 0.15) is 0 Å². The molecule has 0 saturated heterocycles. The van der Waals surface area contributed by atoms with Crippen LogP contribution < -0.4 is 5.73 Å².